The quantitative estimate of drug-likeness (QED) is 0.338. The van der Waals surface area contributed by atoms with Crippen molar-refractivity contribution in [3.63, 3.8) is 0 Å². The number of carboxylic acids is 1. The Morgan fingerprint density at radius 2 is 1.81 bits per heavy atom. The number of alkyl carbamates (subject to hydrolysis) is 1. The minimum atomic E-state index is -1.22. The van der Waals surface area contributed by atoms with E-state index in [1.165, 1.54) is 18.2 Å². The number of nitrogens with one attached hydrogen (secondary N) is 2. The molecule has 0 fully saturated rings. The van der Waals surface area contributed by atoms with E-state index >= 15 is 0 Å². The predicted molar refractivity (Wildman–Crippen MR) is 96.5 cm³/mol. The zero-order valence-corrected chi connectivity index (χ0v) is 15.6. The Labute approximate surface area is 157 Å². The van der Waals surface area contributed by atoms with Gasteiger partial charge in [0.25, 0.3) is 0 Å². The van der Waals surface area contributed by atoms with Crippen LogP contribution in [0.15, 0.2) is 18.2 Å². The molecule has 0 aliphatic rings. The molecule has 1 aromatic carbocycles. The predicted octanol–water partition coefficient (Wildman–Crippen LogP) is 1.51. The maximum Gasteiger partial charge on any atom is 0.407 e. The molecule has 1 rings (SSSR count). The lowest BCUT2D eigenvalue weighted by atomic mass is 10.0. The van der Waals surface area contributed by atoms with E-state index in [-0.39, 0.29) is 30.9 Å². The SMILES string of the molecule is CC(C)(C)OC(=O)NCCCC(=O)N[C@@H](Cc1ccc(O)c(O)c1)C(=O)O. The van der Waals surface area contributed by atoms with Gasteiger partial charge in [0, 0.05) is 19.4 Å². The van der Waals surface area contributed by atoms with Gasteiger partial charge in [0.05, 0.1) is 0 Å². The maximum absolute atomic E-state index is 11.9. The second-order valence-electron chi connectivity index (χ2n) is 7.02. The number of phenolic OH excluding ortho intramolecular Hbond substituents is 2. The first kappa shape index (κ1) is 22.1. The Morgan fingerprint density at radius 3 is 2.37 bits per heavy atom. The molecule has 0 aliphatic carbocycles. The highest BCUT2D eigenvalue weighted by Gasteiger charge is 2.21. The number of hydrogen-bond donors (Lipinski definition) is 5. The van der Waals surface area contributed by atoms with E-state index in [4.69, 9.17) is 4.74 Å². The van der Waals surface area contributed by atoms with E-state index in [1.807, 2.05) is 0 Å². The Balaban J connectivity index is 2.44. The van der Waals surface area contributed by atoms with Gasteiger partial charge in [-0.05, 0) is 44.9 Å². The number of carbonyl (C=O) groups is 3. The van der Waals surface area contributed by atoms with Gasteiger partial charge in [0.15, 0.2) is 11.5 Å². The number of phenols is 2. The van der Waals surface area contributed by atoms with E-state index in [0.29, 0.717) is 12.0 Å². The molecule has 0 saturated heterocycles. The highest BCUT2D eigenvalue weighted by molar-refractivity contribution is 5.83. The molecule has 150 valence electrons. The Hall–Kier alpha value is -2.97. The molecular formula is C18H26N2O7. The van der Waals surface area contributed by atoms with Crippen molar-refractivity contribution in [1.82, 2.24) is 10.6 Å². The summed E-state index contributed by atoms with van der Waals surface area (Å²) >= 11 is 0. The summed E-state index contributed by atoms with van der Waals surface area (Å²) in [7, 11) is 0. The number of aromatic hydroxyl groups is 2. The standard InChI is InChI=1S/C18H26N2O7/c1-18(2,3)27-17(26)19-8-4-5-15(23)20-12(16(24)25)9-11-6-7-13(21)14(22)10-11/h6-7,10,12,21-22H,4-5,8-9H2,1-3H3,(H,19,26)(H,20,23)(H,24,25)/t12-/m0/s1. The van der Waals surface area contributed by atoms with Gasteiger partial charge < -0.3 is 30.7 Å². The van der Waals surface area contributed by atoms with E-state index in [9.17, 15) is 29.7 Å². The maximum atomic E-state index is 11.9. The molecule has 1 aromatic rings. The summed E-state index contributed by atoms with van der Waals surface area (Å²) in [6.45, 7) is 5.42. The molecule has 2 amide bonds. The zero-order valence-electron chi connectivity index (χ0n) is 15.6. The van der Waals surface area contributed by atoms with Crippen LogP contribution in [0.3, 0.4) is 0 Å². The van der Waals surface area contributed by atoms with Crippen molar-refractivity contribution < 1.29 is 34.4 Å². The number of benzene rings is 1. The normalized spacial score (nSPS) is 12.1. The van der Waals surface area contributed by atoms with Crippen molar-refractivity contribution in [3.8, 4) is 11.5 Å². The van der Waals surface area contributed by atoms with Crippen LogP contribution in [0.2, 0.25) is 0 Å². The third-order valence-electron chi connectivity index (χ3n) is 3.36. The number of rotatable bonds is 8. The van der Waals surface area contributed by atoms with Gasteiger partial charge in [-0.25, -0.2) is 9.59 Å². The summed E-state index contributed by atoms with van der Waals surface area (Å²) in [6, 6.07) is 2.76. The molecule has 0 saturated carbocycles. The largest absolute Gasteiger partial charge is 0.504 e. The number of ether oxygens (including phenoxy) is 1. The first-order valence-electron chi connectivity index (χ1n) is 8.48. The van der Waals surface area contributed by atoms with Gasteiger partial charge >= 0.3 is 12.1 Å². The third-order valence-corrected chi connectivity index (χ3v) is 3.36. The van der Waals surface area contributed by atoms with Crippen LogP contribution in [-0.2, 0) is 20.7 Å². The molecule has 27 heavy (non-hydrogen) atoms. The molecule has 9 nitrogen and oxygen atoms in total. The van der Waals surface area contributed by atoms with Crippen molar-refractivity contribution in [2.45, 2.75) is 51.7 Å². The van der Waals surface area contributed by atoms with Gasteiger partial charge in [0.2, 0.25) is 5.91 Å². The fourth-order valence-electron chi connectivity index (χ4n) is 2.15. The molecular weight excluding hydrogens is 356 g/mol. The monoisotopic (exact) mass is 382 g/mol. The highest BCUT2D eigenvalue weighted by atomic mass is 16.6. The summed E-state index contributed by atoms with van der Waals surface area (Å²) in [4.78, 5) is 34.8. The fraction of sp³-hybridized carbons (Fsp3) is 0.500. The van der Waals surface area contributed by atoms with E-state index in [0.717, 1.165) is 0 Å². The van der Waals surface area contributed by atoms with Crippen LogP contribution >= 0.6 is 0 Å². The number of hydrogen-bond acceptors (Lipinski definition) is 6. The van der Waals surface area contributed by atoms with Gasteiger partial charge in [-0.15, -0.1) is 0 Å². The van der Waals surface area contributed by atoms with Crippen LogP contribution in [0.25, 0.3) is 0 Å². The molecule has 0 heterocycles. The Bertz CT molecular complexity index is 683. The summed E-state index contributed by atoms with van der Waals surface area (Å²) in [6.07, 6.45) is -0.290. The van der Waals surface area contributed by atoms with Crippen LogP contribution in [0.5, 0.6) is 11.5 Å². The third kappa shape index (κ3) is 8.80. The Morgan fingerprint density at radius 1 is 1.15 bits per heavy atom. The number of aliphatic carboxylic acids is 1. The summed E-state index contributed by atoms with van der Waals surface area (Å²) < 4.78 is 5.06. The average molecular weight is 382 g/mol. The van der Waals surface area contributed by atoms with Crippen LogP contribution in [-0.4, -0.2) is 51.5 Å². The molecule has 0 aliphatic heterocycles. The van der Waals surface area contributed by atoms with Crippen LogP contribution in [0.4, 0.5) is 4.79 Å². The molecule has 0 bridgehead atoms. The Kier molecular flexibility index (Phi) is 7.89. The lowest BCUT2D eigenvalue weighted by Gasteiger charge is -2.19. The molecule has 0 unspecified atom stereocenters. The molecule has 5 N–H and O–H groups in total. The first-order chi connectivity index (χ1) is 12.5. The van der Waals surface area contributed by atoms with E-state index in [1.54, 1.807) is 20.8 Å². The lowest BCUT2D eigenvalue weighted by molar-refractivity contribution is -0.141. The van der Waals surface area contributed by atoms with Crippen molar-refractivity contribution in [2.75, 3.05) is 6.54 Å². The topological polar surface area (TPSA) is 145 Å². The summed E-state index contributed by atoms with van der Waals surface area (Å²) in [5.74, 6) is -2.37. The van der Waals surface area contributed by atoms with Crippen LogP contribution in [0.1, 0.15) is 39.2 Å². The molecule has 0 aromatic heterocycles. The zero-order chi connectivity index (χ0) is 20.6. The van der Waals surface area contributed by atoms with Crippen molar-refractivity contribution >= 4 is 18.0 Å². The molecule has 9 heteroatoms. The number of carbonyl (C=O) groups excluding carboxylic acids is 2. The van der Waals surface area contributed by atoms with Crippen LogP contribution < -0.4 is 10.6 Å². The van der Waals surface area contributed by atoms with Gasteiger partial charge in [-0.3, -0.25) is 4.79 Å². The van der Waals surface area contributed by atoms with Gasteiger partial charge in [-0.1, -0.05) is 6.07 Å². The number of carboxylic acid groups (broad SMARTS) is 1. The number of amides is 2. The minimum Gasteiger partial charge on any atom is -0.504 e. The summed E-state index contributed by atoms with van der Waals surface area (Å²) in [5.41, 5.74) is -0.164. The van der Waals surface area contributed by atoms with E-state index < -0.39 is 29.6 Å². The highest BCUT2D eigenvalue weighted by Crippen LogP contribution is 2.25. The second kappa shape index (κ2) is 9.65. The van der Waals surface area contributed by atoms with Crippen molar-refractivity contribution in [2.24, 2.45) is 0 Å². The van der Waals surface area contributed by atoms with Crippen molar-refractivity contribution in [3.05, 3.63) is 23.8 Å². The minimum absolute atomic E-state index is 0.0282. The van der Waals surface area contributed by atoms with Gasteiger partial charge in [-0.2, -0.15) is 0 Å². The molecule has 1 atom stereocenters. The fourth-order valence-corrected chi connectivity index (χ4v) is 2.15. The lowest BCUT2D eigenvalue weighted by Crippen LogP contribution is -2.42. The van der Waals surface area contributed by atoms with Crippen LogP contribution in [0, 0.1) is 0 Å². The van der Waals surface area contributed by atoms with Gasteiger partial charge in [0.1, 0.15) is 11.6 Å². The molecule has 0 radical (unpaired) electrons. The molecule has 0 spiro atoms. The average Bonchev–Trinajstić information content (AvgIpc) is 2.52. The second-order valence-corrected chi connectivity index (χ2v) is 7.02. The van der Waals surface area contributed by atoms with E-state index in [2.05, 4.69) is 10.6 Å². The summed E-state index contributed by atoms with van der Waals surface area (Å²) in [5, 5.41) is 32.9. The first-order valence-corrected chi connectivity index (χ1v) is 8.48. The smallest absolute Gasteiger partial charge is 0.407 e. The van der Waals surface area contributed by atoms with Crippen molar-refractivity contribution in [1.29, 1.82) is 0 Å².